The average molecular weight is 385 g/mol. The maximum atomic E-state index is 10.3. The van der Waals surface area contributed by atoms with Crippen LogP contribution in [0.4, 0.5) is 0 Å². The Morgan fingerprint density at radius 3 is 2.19 bits per heavy atom. The standard InChI is InChI=1S/C19H32O6Si/c1-19(2,3)26(4,5)25-18-17(22)16(21)15(20)14(24-18)12-23-11-13-9-7-6-8-10-13/h6-10,14-18,20-22H,11-12H2,1-5H3/t14-,15+,16+,17-,18+/m1/s1. The Hall–Kier alpha value is -0.803. The first-order valence-corrected chi connectivity index (χ1v) is 11.9. The van der Waals surface area contributed by atoms with Crippen LogP contribution in [0.15, 0.2) is 30.3 Å². The number of aliphatic hydroxyl groups is 3. The summed E-state index contributed by atoms with van der Waals surface area (Å²) < 4.78 is 17.5. The molecule has 0 radical (unpaired) electrons. The van der Waals surface area contributed by atoms with Gasteiger partial charge in [0.2, 0.25) is 0 Å². The first-order chi connectivity index (χ1) is 12.0. The molecule has 0 aliphatic carbocycles. The SMILES string of the molecule is CC(C)(C)[Si](C)(C)O[C@@H]1O[C@H](COCc2ccccc2)[C@H](O)[C@H](O)[C@H]1O. The van der Waals surface area contributed by atoms with Crippen LogP contribution in [0.1, 0.15) is 26.3 Å². The fourth-order valence-corrected chi connectivity index (χ4v) is 3.62. The Kier molecular flexibility index (Phi) is 7.01. The highest BCUT2D eigenvalue weighted by Gasteiger charge is 2.48. The fraction of sp³-hybridized carbons (Fsp3) is 0.684. The van der Waals surface area contributed by atoms with E-state index in [1.807, 2.05) is 43.4 Å². The number of ether oxygens (including phenoxy) is 2. The van der Waals surface area contributed by atoms with Crippen LogP contribution in [-0.2, 0) is 20.5 Å². The van der Waals surface area contributed by atoms with Crippen LogP contribution in [-0.4, -0.2) is 60.9 Å². The van der Waals surface area contributed by atoms with Gasteiger partial charge in [0, 0.05) is 0 Å². The second-order valence-electron chi connectivity index (χ2n) is 8.39. The molecule has 0 unspecified atom stereocenters. The Labute approximate surface area is 156 Å². The summed E-state index contributed by atoms with van der Waals surface area (Å²) in [5, 5.41) is 30.6. The molecule has 1 aliphatic rings. The van der Waals surface area contributed by atoms with Crippen molar-refractivity contribution in [3.8, 4) is 0 Å². The van der Waals surface area contributed by atoms with Crippen molar-refractivity contribution in [1.29, 1.82) is 0 Å². The van der Waals surface area contributed by atoms with Gasteiger partial charge < -0.3 is 29.2 Å². The lowest BCUT2D eigenvalue weighted by Crippen LogP contribution is -2.61. The van der Waals surface area contributed by atoms with Gasteiger partial charge in [-0.05, 0) is 23.7 Å². The van der Waals surface area contributed by atoms with Gasteiger partial charge in [0.05, 0.1) is 13.2 Å². The van der Waals surface area contributed by atoms with Crippen LogP contribution in [0.2, 0.25) is 18.1 Å². The van der Waals surface area contributed by atoms with Gasteiger partial charge in [-0.25, -0.2) is 0 Å². The Morgan fingerprint density at radius 2 is 1.62 bits per heavy atom. The summed E-state index contributed by atoms with van der Waals surface area (Å²) in [4.78, 5) is 0. The lowest BCUT2D eigenvalue weighted by molar-refractivity contribution is -0.283. The van der Waals surface area contributed by atoms with Crippen LogP contribution in [0.25, 0.3) is 0 Å². The highest BCUT2D eigenvalue weighted by atomic mass is 28.4. The largest absolute Gasteiger partial charge is 0.390 e. The second kappa shape index (κ2) is 8.47. The number of benzene rings is 1. The van der Waals surface area contributed by atoms with Crippen molar-refractivity contribution in [1.82, 2.24) is 0 Å². The smallest absolute Gasteiger partial charge is 0.195 e. The highest BCUT2D eigenvalue weighted by Crippen LogP contribution is 2.39. The molecule has 1 heterocycles. The van der Waals surface area contributed by atoms with Crippen LogP contribution in [0.5, 0.6) is 0 Å². The van der Waals surface area contributed by atoms with Crippen molar-refractivity contribution in [3.63, 3.8) is 0 Å². The minimum atomic E-state index is -2.22. The van der Waals surface area contributed by atoms with Crippen molar-refractivity contribution in [2.24, 2.45) is 0 Å². The molecule has 1 aromatic carbocycles. The summed E-state index contributed by atoms with van der Waals surface area (Å²) in [5.74, 6) is 0. The predicted octanol–water partition coefficient (Wildman–Crippen LogP) is 2.03. The van der Waals surface area contributed by atoms with Gasteiger partial charge in [0.15, 0.2) is 14.6 Å². The van der Waals surface area contributed by atoms with E-state index in [4.69, 9.17) is 13.9 Å². The molecule has 26 heavy (non-hydrogen) atoms. The van der Waals surface area contributed by atoms with Gasteiger partial charge in [0.25, 0.3) is 0 Å². The molecule has 0 saturated carbocycles. The lowest BCUT2D eigenvalue weighted by Gasteiger charge is -2.45. The molecule has 148 valence electrons. The molecule has 1 fully saturated rings. The summed E-state index contributed by atoms with van der Waals surface area (Å²) >= 11 is 0. The van der Waals surface area contributed by atoms with Gasteiger partial charge in [0.1, 0.15) is 24.4 Å². The van der Waals surface area contributed by atoms with Crippen molar-refractivity contribution in [2.45, 2.75) is 76.2 Å². The molecule has 0 spiro atoms. The molecule has 1 saturated heterocycles. The van der Waals surface area contributed by atoms with Crippen LogP contribution >= 0.6 is 0 Å². The van der Waals surface area contributed by atoms with E-state index in [2.05, 4.69) is 20.8 Å². The van der Waals surface area contributed by atoms with E-state index in [-0.39, 0.29) is 11.6 Å². The van der Waals surface area contributed by atoms with Gasteiger partial charge in [-0.15, -0.1) is 0 Å². The van der Waals surface area contributed by atoms with Gasteiger partial charge >= 0.3 is 0 Å². The molecule has 0 bridgehead atoms. The maximum Gasteiger partial charge on any atom is 0.195 e. The molecular weight excluding hydrogens is 352 g/mol. The Morgan fingerprint density at radius 1 is 1.00 bits per heavy atom. The summed E-state index contributed by atoms with van der Waals surface area (Å²) in [6.45, 7) is 10.8. The van der Waals surface area contributed by atoms with Crippen LogP contribution < -0.4 is 0 Å². The van der Waals surface area contributed by atoms with Crippen molar-refractivity contribution < 1.29 is 29.2 Å². The number of hydrogen-bond acceptors (Lipinski definition) is 6. The van der Waals surface area contributed by atoms with Crippen LogP contribution in [0.3, 0.4) is 0 Å². The minimum Gasteiger partial charge on any atom is -0.390 e. The zero-order valence-corrected chi connectivity index (χ0v) is 17.3. The normalized spacial score (nSPS) is 30.4. The Balaban J connectivity index is 1.98. The molecule has 1 aromatic rings. The fourth-order valence-electron chi connectivity index (χ4n) is 2.49. The second-order valence-corrected chi connectivity index (χ2v) is 13.1. The van der Waals surface area contributed by atoms with Crippen LogP contribution in [0, 0.1) is 0 Å². The van der Waals surface area contributed by atoms with E-state index in [9.17, 15) is 15.3 Å². The average Bonchev–Trinajstić information content (AvgIpc) is 2.56. The highest BCUT2D eigenvalue weighted by molar-refractivity contribution is 6.74. The third-order valence-electron chi connectivity index (χ3n) is 5.28. The van der Waals surface area contributed by atoms with E-state index >= 15 is 0 Å². The molecular formula is C19H32O6Si. The Bertz CT molecular complexity index is 559. The van der Waals surface area contributed by atoms with E-state index in [0.29, 0.717) is 6.61 Å². The topological polar surface area (TPSA) is 88.4 Å². The van der Waals surface area contributed by atoms with Gasteiger partial charge in [-0.3, -0.25) is 0 Å². The van der Waals surface area contributed by atoms with Crippen molar-refractivity contribution >= 4 is 8.32 Å². The number of aliphatic hydroxyl groups excluding tert-OH is 3. The van der Waals surface area contributed by atoms with Gasteiger partial charge in [-0.1, -0.05) is 51.1 Å². The first-order valence-electron chi connectivity index (χ1n) is 9.02. The summed E-state index contributed by atoms with van der Waals surface area (Å²) in [6, 6.07) is 9.67. The van der Waals surface area contributed by atoms with E-state index in [1.54, 1.807) is 0 Å². The quantitative estimate of drug-likeness (QED) is 0.651. The molecule has 3 N–H and O–H groups in total. The lowest BCUT2D eigenvalue weighted by atomic mass is 9.99. The molecule has 0 aromatic heterocycles. The maximum absolute atomic E-state index is 10.3. The zero-order chi connectivity index (χ0) is 19.5. The summed E-state index contributed by atoms with van der Waals surface area (Å²) in [7, 11) is -2.22. The number of rotatable bonds is 6. The van der Waals surface area contributed by atoms with Gasteiger partial charge in [-0.2, -0.15) is 0 Å². The minimum absolute atomic E-state index is 0.0730. The molecule has 6 nitrogen and oxygen atoms in total. The predicted molar refractivity (Wildman–Crippen MR) is 101 cm³/mol. The van der Waals surface area contributed by atoms with E-state index in [1.165, 1.54) is 0 Å². The molecule has 1 aliphatic heterocycles. The molecule has 7 heteroatoms. The summed E-state index contributed by atoms with van der Waals surface area (Å²) in [5.41, 5.74) is 1.01. The first kappa shape index (κ1) is 21.5. The zero-order valence-electron chi connectivity index (χ0n) is 16.3. The summed E-state index contributed by atoms with van der Waals surface area (Å²) in [6.07, 6.45) is -5.64. The molecule has 2 rings (SSSR count). The monoisotopic (exact) mass is 384 g/mol. The van der Waals surface area contributed by atoms with Crippen molar-refractivity contribution in [2.75, 3.05) is 6.61 Å². The van der Waals surface area contributed by atoms with Crippen molar-refractivity contribution in [3.05, 3.63) is 35.9 Å². The molecule has 0 amide bonds. The van der Waals surface area contributed by atoms with E-state index in [0.717, 1.165) is 5.56 Å². The molecule has 5 atom stereocenters. The third kappa shape index (κ3) is 5.13. The number of hydrogen-bond donors (Lipinski definition) is 3. The third-order valence-corrected chi connectivity index (χ3v) is 9.71. The van der Waals surface area contributed by atoms with E-state index < -0.39 is 39.0 Å².